The van der Waals surface area contributed by atoms with Crippen LogP contribution in [-0.2, 0) is 40.2 Å². The lowest BCUT2D eigenvalue weighted by Crippen LogP contribution is -2.50. The first-order valence-corrected chi connectivity index (χ1v) is 13.8. The molecule has 2 aromatic carbocycles. The highest BCUT2D eigenvalue weighted by Gasteiger charge is 2.38. The molecule has 0 saturated carbocycles. The molecule has 0 bridgehead atoms. The van der Waals surface area contributed by atoms with Gasteiger partial charge in [-0.1, -0.05) is 24.3 Å². The van der Waals surface area contributed by atoms with Gasteiger partial charge in [-0.3, -0.25) is 29.9 Å². The van der Waals surface area contributed by atoms with Crippen molar-refractivity contribution in [2.45, 2.75) is 38.0 Å². The number of nitrogens with two attached hydrogens (primary N) is 1. The van der Waals surface area contributed by atoms with E-state index in [2.05, 4.69) is 5.32 Å². The molecular formula is C28H26F3N5O8S. The maximum atomic E-state index is 13.7. The topological polar surface area (TPSA) is 217 Å². The standard InChI is InChI=1S/C26H25N5O6S.C2HF3O2/c27-24(28)16-3-5-17(6-4-16)25(34)29-21(11-15-1-7-19(8-2-15)31(36)37)26(35)30-10-9-22-18(14-30)12-20(38-22)13-23(32)33;3-2(4,5)1(6)7/h1-8,12,21H,9-11,13-14H2,(H3,27,28)(H,29,34)(H,32,33);(H,6,7)/t21-;/m0./s1. The molecule has 1 aliphatic heterocycles. The fraction of sp³-hybridized carbons (Fsp3) is 0.250. The van der Waals surface area contributed by atoms with Gasteiger partial charge in [0, 0.05) is 52.5 Å². The minimum Gasteiger partial charge on any atom is -0.481 e. The van der Waals surface area contributed by atoms with Gasteiger partial charge < -0.3 is 26.2 Å². The number of thiophene rings is 1. The number of aliphatic carboxylic acids is 2. The molecule has 6 N–H and O–H groups in total. The predicted molar refractivity (Wildman–Crippen MR) is 154 cm³/mol. The van der Waals surface area contributed by atoms with Crippen molar-refractivity contribution < 1.29 is 47.5 Å². The van der Waals surface area contributed by atoms with Gasteiger partial charge >= 0.3 is 18.1 Å². The third-order valence-electron chi connectivity index (χ3n) is 6.45. The summed E-state index contributed by atoms with van der Waals surface area (Å²) < 4.78 is 31.7. The number of hydrogen-bond donors (Lipinski definition) is 5. The smallest absolute Gasteiger partial charge is 0.481 e. The number of halogens is 3. The Morgan fingerprint density at radius 2 is 1.64 bits per heavy atom. The van der Waals surface area contributed by atoms with E-state index in [4.69, 9.17) is 26.2 Å². The van der Waals surface area contributed by atoms with Gasteiger partial charge in [0.05, 0.1) is 11.3 Å². The van der Waals surface area contributed by atoms with Gasteiger partial charge in [-0.25, -0.2) is 4.79 Å². The molecule has 1 aliphatic rings. The summed E-state index contributed by atoms with van der Waals surface area (Å²) in [6, 6.07) is 12.8. The average molecular weight is 650 g/mol. The van der Waals surface area contributed by atoms with E-state index in [1.54, 1.807) is 29.2 Å². The molecule has 2 amide bonds. The van der Waals surface area contributed by atoms with Crippen molar-refractivity contribution in [2.75, 3.05) is 6.54 Å². The second-order valence-corrected chi connectivity index (χ2v) is 10.9. The Kier molecular flexibility index (Phi) is 11.0. The van der Waals surface area contributed by atoms with E-state index in [0.29, 0.717) is 30.6 Å². The van der Waals surface area contributed by atoms with E-state index >= 15 is 0 Å². The van der Waals surface area contributed by atoms with Crippen molar-refractivity contribution in [2.24, 2.45) is 5.73 Å². The zero-order valence-corrected chi connectivity index (χ0v) is 24.0. The molecule has 0 fully saturated rings. The van der Waals surface area contributed by atoms with Crippen LogP contribution >= 0.6 is 11.3 Å². The number of carboxylic acid groups (broad SMARTS) is 2. The van der Waals surface area contributed by atoms with Crippen LogP contribution in [-0.4, -0.2) is 68.4 Å². The number of carbonyl (C=O) groups is 4. The van der Waals surface area contributed by atoms with Crippen LogP contribution in [0, 0.1) is 15.5 Å². The maximum Gasteiger partial charge on any atom is 0.490 e. The summed E-state index contributed by atoms with van der Waals surface area (Å²) in [5.74, 6) is -4.61. The Labute approximate surface area is 256 Å². The fourth-order valence-corrected chi connectivity index (χ4v) is 5.43. The van der Waals surface area contributed by atoms with Gasteiger partial charge in [0.15, 0.2) is 0 Å². The number of carbonyl (C=O) groups excluding carboxylic acids is 2. The number of rotatable bonds is 9. The van der Waals surface area contributed by atoms with Crippen molar-refractivity contribution in [1.29, 1.82) is 5.41 Å². The van der Waals surface area contributed by atoms with Crippen LogP contribution < -0.4 is 11.1 Å². The van der Waals surface area contributed by atoms with Crippen molar-refractivity contribution in [3.63, 3.8) is 0 Å². The number of nitro groups is 1. The Bertz CT molecular complexity index is 1610. The Morgan fingerprint density at radius 1 is 1.07 bits per heavy atom. The minimum absolute atomic E-state index is 0.0765. The van der Waals surface area contributed by atoms with Crippen LogP contribution in [0.4, 0.5) is 18.9 Å². The number of nitrogens with one attached hydrogen (secondary N) is 2. The summed E-state index contributed by atoms with van der Waals surface area (Å²) in [6.07, 6.45) is -4.46. The first-order valence-electron chi connectivity index (χ1n) is 12.9. The van der Waals surface area contributed by atoms with E-state index in [0.717, 1.165) is 15.3 Å². The number of hydrogen-bond acceptors (Lipinski definition) is 8. The van der Waals surface area contributed by atoms with Crippen LogP contribution in [0.3, 0.4) is 0 Å². The minimum atomic E-state index is -5.08. The zero-order chi connectivity index (χ0) is 33.5. The average Bonchev–Trinajstić information content (AvgIpc) is 3.37. The first kappa shape index (κ1) is 34.2. The second kappa shape index (κ2) is 14.4. The maximum absolute atomic E-state index is 13.7. The second-order valence-electron chi connectivity index (χ2n) is 9.69. The monoisotopic (exact) mass is 649 g/mol. The van der Waals surface area contributed by atoms with Gasteiger partial charge in [0.2, 0.25) is 5.91 Å². The number of amides is 2. The number of nitrogens with zero attached hydrogens (tertiary/aromatic N) is 2. The highest BCUT2D eigenvalue weighted by atomic mass is 32.1. The normalized spacial score (nSPS) is 13.0. The van der Waals surface area contributed by atoms with Crippen LogP contribution in [0.1, 0.15) is 36.8 Å². The highest BCUT2D eigenvalue weighted by molar-refractivity contribution is 7.12. The molecular weight excluding hydrogens is 623 g/mol. The summed E-state index contributed by atoms with van der Waals surface area (Å²) in [4.78, 5) is 60.6. The van der Waals surface area contributed by atoms with Gasteiger partial charge in [-0.15, -0.1) is 11.3 Å². The molecule has 0 radical (unpaired) electrons. The van der Waals surface area contributed by atoms with E-state index in [-0.39, 0.29) is 35.8 Å². The van der Waals surface area contributed by atoms with Gasteiger partial charge in [-0.05, 0) is 35.7 Å². The molecule has 1 atom stereocenters. The van der Waals surface area contributed by atoms with E-state index in [9.17, 15) is 37.7 Å². The Morgan fingerprint density at radius 3 is 2.16 bits per heavy atom. The molecule has 13 nitrogen and oxygen atoms in total. The SMILES string of the molecule is N=C(N)c1ccc(C(=O)N[C@@H](Cc2ccc([N+](=O)[O-])cc2)C(=O)N2CCc3sc(CC(=O)O)cc3C2)cc1.O=C(O)C(F)(F)F. The molecule has 45 heavy (non-hydrogen) atoms. The summed E-state index contributed by atoms with van der Waals surface area (Å²) >= 11 is 1.44. The lowest BCUT2D eigenvalue weighted by molar-refractivity contribution is -0.384. The number of alkyl halides is 3. The van der Waals surface area contributed by atoms with E-state index in [1.165, 1.54) is 35.6 Å². The van der Waals surface area contributed by atoms with E-state index < -0.39 is 35.0 Å². The molecule has 3 aromatic rings. The molecule has 0 saturated heterocycles. The number of carboxylic acids is 2. The van der Waals surface area contributed by atoms with Crippen LogP contribution in [0.15, 0.2) is 54.6 Å². The number of benzene rings is 2. The van der Waals surface area contributed by atoms with Crippen molar-refractivity contribution in [3.8, 4) is 0 Å². The largest absolute Gasteiger partial charge is 0.490 e. The Balaban J connectivity index is 0.000000707. The predicted octanol–water partition coefficient (Wildman–Crippen LogP) is 3.13. The van der Waals surface area contributed by atoms with Crippen LogP contribution in [0.2, 0.25) is 0 Å². The highest BCUT2D eigenvalue weighted by Crippen LogP contribution is 2.29. The summed E-state index contributed by atoms with van der Waals surface area (Å²) in [5, 5.41) is 37.5. The van der Waals surface area contributed by atoms with Crippen molar-refractivity contribution in [1.82, 2.24) is 10.2 Å². The van der Waals surface area contributed by atoms with Gasteiger partial charge in [0.1, 0.15) is 11.9 Å². The third kappa shape index (κ3) is 9.59. The summed E-state index contributed by atoms with van der Waals surface area (Å²) in [7, 11) is 0. The number of amidine groups is 1. The lowest BCUT2D eigenvalue weighted by Gasteiger charge is -2.31. The molecule has 0 unspecified atom stereocenters. The number of fused-ring (bicyclic) bond motifs is 1. The zero-order valence-electron chi connectivity index (χ0n) is 23.2. The number of nitro benzene ring substituents is 1. The summed E-state index contributed by atoms with van der Waals surface area (Å²) in [6.45, 7) is 0.711. The first-order chi connectivity index (χ1) is 21.0. The third-order valence-corrected chi connectivity index (χ3v) is 7.68. The van der Waals surface area contributed by atoms with Crippen molar-refractivity contribution >= 4 is 46.6 Å². The quantitative estimate of drug-likeness (QED) is 0.0994. The van der Waals surface area contributed by atoms with E-state index in [1.807, 2.05) is 6.07 Å². The lowest BCUT2D eigenvalue weighted by atomic mass is 10.0. The Hall–Kier alpha value is -5.32. The van der Waals surface area contributed by atoms with Gasteiger partial charge in [0.25, 0.3) is 11.6 Å². The van der Waals surface area contributed by atoms with Crippen LogP contribution in [0.5, 0.6) is 0 Å². The molecule has 238 valence electrons. The van der Waals surface area contributed by atoms with Crippen LogP contribution in [0.25, 0.3) is 0 Å². The fourth-order valence-electron chi connectivity index (χ4n) is 4.27. The number of nitrogen functional groups attached to an aromatic ring is 1. The molecule has 1 aromatic heterocycles. The van der Waals surface area contributed by atoms with Crippen molar-refractivity contribution in [3.05, 3.63) is 96.7 Å². The molecule has 0 aliphatic carbocycles. The molecule has 2 heterocycles. The number of non-ortho nitro benzene ring substituents is 1. The summed E-state index contributed by atoms with van der Waals surface area (Å²) in [5.41, 5.74) is 7.68. The molecule has 0 spiro atoms. The van der Waals surface area contributed by atoms with Gasteiger partial charge in [-0.2, -0.15) is 13.2 Å². The molecule has 4 rings (SSSR count). The molecule has 17 heteroatoms.